The van der Waals surface area contributed by atoms with Crippen LogP contribution >= 0.6 is 20.3 Å². The van der Waals surface area contributed by atoms with Gasteiger partial charge in [0.1, 0.15) is 0 Å². The van der Waals surface area contributed by atoms with Crippen LogP contribution < -0.4 is 0 Å². The molecule has 1 radical (unpaired) electrons. The van der Waals surface area contributed by atoms with Crippen molar-refractivity contribution in [1.29, 1.82) is 0 Å². The molecular weight excluding hydrogens is 202 g/mol. The third-order valence-electron chi connectivity index (χ3n) is 0.560. The van der Waals surface area contributed by atoms with Crippen molar-refractivity contribution >= 4 is 32.2 Å². The molecule has 6 heavy (non-hydrogen) atoms. The molecule has 0 rings (SSSR count). The first-order valence-electron chi connectivity index (χ1n) is 2.19. The average Bonchev–Trinajstić information content (AvgIpc) is 1.35. The second-order valence-corrected chi connectivity index (χ2v) is 5.21. The second-order valence-electron chi connectivity index (χ2n) is 1.78. The van der Waals surface area contributed by atoms with Crippen molar-refractivity contribution in [2.75, 3.05) is 0 Å². The molecule has 0 amide bonds. The van der Waals surface area contributed by atoms with Gasteiger partial charge in [-0.25, -0.2) is 20.3 Å². The number of hydrogen-bond acceptors (Lipinski definition) is 0. The van der Waals surface area contributed by atoms with Crippen molar-refractivity contribution in [3.05, 3.63) is 0 Å². The van der Waals surface area contributed by atoms with Gasteiger partial charge < -0.3 is 0 Å². The molecule has 0 nitrogen and oxygen atoms in total. The summed E-state index contributed by atoms with van der Waals surface area (Å²) in [6.07, 6.45) is 0. The summed E-state index contributed by atoms with van der Waals surface area (Å²) >= 11 is 3.21. The van der Waals surface area contributed by atoms with E-state index in [1.807, 2.05) is 0 Å². The van der Waals surface area contributed by atoms with E-state index in [9.17, 15) is 0 Å². The lowest BCUT2D eigenvalue weighted by Gasteiger charge is -1.93. The van der Waals surface area contributed by atoms with Gasteiger partial charge in [-0.05, 0) is 0 Å². The van der Waals surface area contributed by atoms with Crippen LogP contribution in [0, 0.1) is 5.92 Å². The molecule has 0 unspecified atom stereocenters. The van der Waals surface area contributed by atoms with Gasteiger partial charge in [0.05, 0.1) is 0 Å². The maximum Gasteiger partial charge on any atom is 0.311 e. The third-order valence-corrected chi connectivity index (χ3v) is 3.21. The summed E-state index contributed by atoms with van der Waals surface area (Å²) in [5, 5.41) is 1.44. The minimum Gasteiger partial charge on any atom is -0.225 e. The zero-order valence-corrected chi connectivity index (χ0v) is 7.55. The Balaban J connectivity index is 2.63. The van der Waals surface area contributed by atoms with Crippen LogP contribution in [0.1, 0.15) is 13.8 Å². The molecule has 0 saturated heterocycles. The smallest absolute Gasteiger partial charge is 0.225 e. The molecule has 0 aliphatic rings. The standard InChI is InChI=1S/C4H9.Al.HI/c1-4(2)3;;/h4H,1H2,2-3H3;;1H/q;+1;/p-1. The van der Waals surface area contributed by atoms with Gasteiger partial charge in [-0.3, -0.25) is 0 Å². The second kappa shape index (κ2) is 4.42. The quantitative estimate of drug-likeness (QED) is 0.484. The highest BCUT2D eigenvalue weighted by atomic mass is 127. The van der Waals surface area contributed by atoms with E-state index >= 15 is 0 Å². The minimum absolute atomic E-state index is 0.722. The fraction of sp³-hybridized carbons (Fsp3) is 1.00. The van der Waals surface area contributed by atoms with Gasteiger partial charge >= 0.3 is 11.9 Å². The van der Waals surface area contributed by atoms with Crippen molar-refractivity contribution in [3.63, 3.8) is 0 Å². The lowest BCUT2D eigenvalue weighted by molar-refractivity contribution is 0.735. The number of hydrogen-bond donors (Lipinski definition) is 0. The van der Waals surface area contributed by atoms with Gasteiger partial charge in [-0.15, -0.1) is 0 Å². The van der Waals surface area contributed by atoms with E-state index < -0.39 is 0 Å². The summed E-state index contributed by atoms with van der Waals surface area (Å²) in [7, 11) is 0. The molecule has 0 aromatic carbocycles. The Morgan fingerprint density at radius 2 is 2.17 bits per heavy atom. The van der Waals surface area contributed by atoms with Crippen molar-refractivity contribution in [1.82, 2.24) is 0 Å². The van der Waals surface area contributed by atoms with E-state index in [1.54, 1.807) is 0 Å². The highest BCUT2D eigenvalue weighted by Crippen LogP contribution is 2.00. The van der Waals surface area contributed by atoms with Crippen molar-refractivity contribution in [3.8, 4) is 0 Å². The average molecular weight is 211 g/mol. The fourth-order valence-corrected chi connectivity index (χ4v) is 3.59. The fourth-order valence-electron chi connectivity index (χ4n) is 0.178. The Labute approximate surface area is 57.1 Å². The molecule has 0 aromatic heterocycles. The summed E-state index contributed by atoms with van der Waals surface area (Å²) in [4.78, 5) is 0. The van der Waals surface area contributed by atoms with Crippen LogP contribution in [0.3, 0.4) is 0 Å². The zero-order chi connectivity index (χ0) is 4.99. The molecule has 0 fully saturated rings. The third kappa shape index (κ3) is 5.26. The maximum atomic E-state index is 2.49. The Bertz CT molecular complexity index is 28.7. The first-order valence-corrected chi connectivity index (χ1v) is 7.18. The lowest BCUT2D eigenvalue weighted by Crippen LogP contribution is -1.85. The lowest BCUT2D eigenvalue weighted by atomic mass is 10.3. The first kappa shape index (κ1) is 7.26. The van der Waals surface area contributed by atoms with Crippen LogP contribution in [0.2, 0.25) is 5.28 Å². The van der Waals surface area contributed by atoms with Crippen LogP contribution in [0.5, 0.6) is 0 Å². The van der Waals surface area contributed by atoms with Gasteiger partial charge in [-0.1, -0.05) is 25.0 Å². The molecular formula is C4H9AlI. The van der Waals surface area contributed by atoms with E-state index in [2.05, 4.69) is 34.1 Å². The molecule has 0 aliphatic heterocycles. The first-order chi connectivity index (χ1) is 2.77. The maximum absolute atomic E-state index is 2.49. The van der Waals surface area contributed by atoms with Gasteiger partial charge in [0.25, 0.3) is 0 Å². The van der Waals surface area contributed by atoms with E-state index in [-0.39, 0.29) is 0 Å². The molecule has 0 bridgehead atoms. The van der Waals surface area contributed by atoms with Crippen molar-refractivity contribution in [2.45, 2.75) is 19.1 Å². The van der Waals surface area contributed by atoms with E-state index in [1.165, 1.54) is 5.28 Å². The molecule has 0 saturated carbocycles. The molecule has 0 heterocycles. The largest absolute Gasteiger partial charge is 0.311 e. The van der Waals surface area contributed by atoms with Crippen molar-refractivity contribution < 1.29 is 0 Å². The molecule has 0 aromatic rings. The number of rotatable bonds is 2. The SMILES string of the molecule is CC(C)[CH2][Al][I]. The summed E-state index contributed by atoms with van der Waals surface area (Å²) < 4.78 is 0. The monoisotopic (exact) mass is 211 g/mol. The normalized spacial score (nSPS) is 9.33. The molecule has 0 spiro atoms. The predicted octanol–water partition coefficient (Wildman–Crippen LogP) is 2.11. The molecule has 35 valence electrons. The highest BCUT2D eigenvalue weighted by molar-refractivity contribution is 14.1. The predicted molar refractivity (Wildman–Crippen MR) is 39.4 cm³/mol. The topological polar surface area (TPSA) is 0 Å². The number of halogens is 1. The molecule has 0 aliphatic carbocycles. The van der Waals surface area contributed by atoms with Gasteiger partial charge in [0.2, 0.25) is 0 Å². The molecule has 2 heteroatoms. The van der Waals surface area contributed by atoms with Crippen LogP contribution in [-0.4, -0.2) is 11.9 Å². The van der Waals surface area contributed by atoms with E-state index in [4.69, 9.17) is 0 Å². The van der Waals surface area contributed by atoms with Crippen LogP contribution in [0.25, 0.3) is 0 Å². The Morgan fingerprint density at radius 3 is 2.17 bits per heavy atom. The van der Waals surface area contributed by atoms with Crippen molar-refractivity contribution in [2.24, 2.45) is 5.92 Å². The summed E-state index contributed by atoms with van der Waals surface area (Å²) in [6.45, 7) is 4.54. The van der Waals surface area contributed by atoms with Crippen LogP contribution in [0.15, 0.2) is 0 Å². The van der Waals surface area contributed by atoms with Gasteiger partial charge in [-0.2, -0.15) is 0 Å². The molecule has 0 atom stereocenters. The summed E-state index contributed by atoms with van der Waals surface area (Å²) in [6, 6.07) is 0. The van der Waals surface area contributed by atoms with Crippen LogP contribution in [0.4, 0.5) is 0 Å². The Hall–Kier alpha value is 1.26. The van der Waals surface area contributed by atoms with E-state index in [0.717, 1.165) is 17.9 Å². The Kier molecular flexibility index (Phi) is 5.35. The van der Waals surface area contributed by atoms with Gasteiger partial charge in [0.15, 0.2) is 0 Å². The minimum atomic E-state index is 0.722. The molecule has 0 N–H and O–H groups in total. The summed E-state index contributed by atoms with van der Waals surface area (Å²) in [5.74, 6) is 0.928. The summed E-state index contributed by atoms with van der Waals surface area (Å²) in [5.41, 5.74) is 0. The Morgan fingerprint density at radius 1 is 1.67 bits per heavy atom. The highest BCUT2D eigenvalue weighted by Gasteiger charge is 1.89. The zero-order valence-electron chi connectivity index (χ0n) is 4.24. The van der Waals surface area contributed by atoms with Crippen LogP contribution in [-0.2, 0) is 0 Å². The van der Waals surface area contributed by atoms with E-state index in [0.29, 0.717) is 0 Å². The van der Waals surface area contributed by atoms with Gasteiger partial charge in [0, 0.05) is 0 Å².